The Morgan fingerprint density at radius 2 is 2.20 bits per heavy atom. The van der Waals surface area contributed by atoms with E-state index in [9.17, 15) is 19.7 Å². The van der Waals surface area contributed by atoms with Crippen LogP contribution in [0.1, 0.15) is 25.8 Å². The highest BCUT2D eigenvalue weighted by Gasteiger charge is 2.56. The Morgan fingerprint density at radius 3 is 2.92 bits per heavy atom. The molecule has 0 radical (unpaired) electrons. The van der Waals surface area contributed by atoms with Crippen molar-refractivity contribution in [3.8, 4) is 0 Å². The monoisotopic (exact) mass is 349 g/mol. The summed E-state index contributed by atoms with van der Waals surface area (Å²) in [4.78, 5) is 36.3. The molecular formula is C16H19N3O6. The molecule has 2 aliphatic heterocycles. The zero-order chi connectivity index (χ0) is 18.2. The van der Waals surface area contributed by atoms with Crippen LogP contribution >= 0.6 is 0 Å². The average molecular weight is 349 g/mol. The molecule has 0 aliphatic carbocycles. The number of alkyl carbamates (subject to hydrolysis) is 1. The number of nitro benzene ring substituents is 1. The van der Waals surface area contributed by atoms with Crippen LogP contribution in [0.3, 0.4) is 0 Å². The first kappa shape index (κ1) is 17.2. The normalized spacial score (nSPS) is 24.1. The molecule has 0 saturated carbocycles. The molecule has 2 aliphatic rings. The van der Waals surface area contributed by atoms with Gasteiger partial charge in [0, 0.05) is 6.07 Å². The Kier molecular flexibility index (Phi) is 4.34. The molecule has 9 nitrogen and oxygen atoms in total. The highest BCUT2D eigenvalue weighted by Crippen LogP contribution is 2.36. The van der Waals surface area contributed by atoms with Gasteiger partial charge in [0.05, 0.1) is 23.1 Å². The van der Waals surface area contributed by atoms with Crippen LogP contribution in [-0.4, -0.2) is 46.2 Å². The number of nitro groups is 1. The maximum absolute atomic E-state index is 12.3. The van der Waals surface area contributed by atoms with E-state index in [1.807, 2.05) is 0 Å². The number of hydrogen-bond acceptors (Lipinski definition) is 6. The van der Waals surface area contributed by atoms with Crippen LogP contribution in [0, 0.1) is 10.1 Å². The molecule has 2 amide bonds. The number of nitrogens with zero attached hydrogens (tertiary/aromatic N) is 2. The lowest BCUT2D eigenvalue weighted by molar-refractivity contribution is -0.385. The van der Waals surface area contributed by atoms with Crippen molar-refractivity contribution >= 4 is 17.7 Å². The third-order valence-electron chi connectivity index (χ3n) is 4.49. The minimum Gasteiger partial charge on any atom is -0.444 e. The van der Waals surface area contributed by atoms with E-state index in [1.54, 1.807) is 24.8 Å². The third kappa shape index (κ3) is 3.14. The van der Waals surface area contributed by atoms with Gasteiger partial charge >= 0.3 is 6.09 Å². The smallest absolute Gasteiger partial charge is 0.408 e. The van der Waals surface area contributed by atoms with Crippen LogP contribution in [0.4, 0.5) is 10.5 Å². The van der Waals surface area contributed by atoms with Crippen molar-refractivity contribution in [2.45, 2.75) is 44.7 Å². The zero-order valence-corrected chi connectivity index (χ0v) is 13.9. The minimum absolute atomic E-state index is 0.118. The first-order valence-electron chi connectivity index (χ1n) is 7.94. The van der Waals surface area contributed by atoms with Gasteiger partial charge in [-0.15, -0.1) is 0 Å². The van der Waals surface area contributed by atoms with Gasteiger partial charge in [-0.2, -0.15) is 0 Å². The topological polar surface area (TPSA) is 111 Å². The molecule has 0 spiro atoms. The van der Waals surface area contributed by atoms with Gasteiger partial charge in [0.15, 0.2) is 0 Å². The number of β-lactam (4-membered cyclic amide) rings is 1. The zero-order valence-electron chi connectivity index (χ0n) is 13.9. The Labute approximate surface area is 144 Å². The first-order chi connectivity index (χ1) is 11.8. The number of carbonyl (C=O) groups excluding carboxylic acids is 2. The van der Waals surface area contributed by atoms with E-state index >= 15 is 0 Å². The van der Waals surface area contributed by atoms with E-state index in [-0.39, 0.29) is 29.8 Å². The fourth-order valence-corrected chi connectivity index (χ4v) is 3.29. The molecule has 2 heterocycles. The average Bonchev–Trinajstić information content (AvgIpc) is 2.56. The fraction of sp³-hybridized carbons (Fsp3) is 0.500. The number of ether oxygens (including phenoxy) is 2. The van der Waals surface area contributed by atoms with Gasteiger partial charge in [0.1, 0.15) is 18.4 Å². The standard InChI is InChI=1S/C16H19N3O6/c1-16(2)18-12(7-8-25-16)13(14(18)20)17-15(21)24-9-10-5-3-4-6-11(10)19(22)23/h3-6,12-13H,7-9H2,1-2H3,(H,17,21)/t12-,13+/m1/s1. The van der Waals surface area contributed by atoms with Crippen molar-refractivity contribution in [2.24, 2.45) is 0 Å². The maximum atomic E-state index is 12.3. The van der Waals surface area contributed by atoms with Crippen molar-refractivity contribution in [1.29, 1.82) is 0 Å². The summed E-state index contributed by atoms with van der Waals surface area (Å²) in [5.74, 6) is -0.225. The van der Waals surface area contributed by atoms with E-state index in [4.69, 9.17) is 9.47 Å². The van der Waals surface area contributed by atoms with E-state index in [2.05, 4.69) is 5.32 Å². The lowest BCUT2D eigenvalue weighted by Crippen LogP contribution is -2.77. The second-order valence-electron chi connectivity index (χ2n) is 6.44. The second kappa shape index (κ2) is 6.32. The van der Waals surface area contributed by atoms with E-state index in [1.165, 1.54) is 18.2 Å². The third-order valence-corrected chi connectivity index (χ3v) is 4.49. The van der Waals surface area contributed by atoms with Gasteiger partial charge in [-0.05, 0) is 26.3 Å². The molecule has 0 aromatic heterocycles. The summed E-state index contributed by atoms with van der Waals surface area (Å²) >= 11 is 0. The number of nitrogens with one attached hydrogen (secondary N) is 1. The number of amides is 2. The minimum atomic E-state index is -0.777. The summed E-state index contributed by atoms with van der Waals surface area (Å²) < 4.78 is 10.6. The van der Waals surface area contributed by atoms with Gasteiger partial charge in [0.25, 0.3) is 5.69 Å². The molecule has 9 heteroatoms. The molecule has 2 fully saturated rings. The van der Waals surface area contributed by atoms with Gasteiger partial charge in [0.2, 0.25) is 5.91 Å². The first-order valence-corrected chi connectivity index (χ1v) is 7.94. The summed E-state index contributed by atoms with van der Waals surface area (Å²) in [6.45, 7) is 3.87. The highest BCUT2D eigenvalue weighted by atomic mass is 16.6. The number of rotatable bonds is 4. The predicted octanol–water partition coefficient (Wildman–Crippen LogP) is 1.56. The van der Waals surface area contributed by atoms with Gasteiger partial charge < -0.3 is 19.7 Å². The van der Waals surface area contributed by atoms with E-state index in [0.717, 1.165) is 0 Å². The Morgan fingerprint density at radius 1 is 1.48 bits per heavy atom. The number of hydrogen-bond donors (Lipinski definition) is 1. The fourth-order valence-electron chi connectivity index (χ4n) is 3.29. The van der Waals surface area contributed by atoms with Crippen LogP contribution in [0.5, 0.6) is 0 Å². The Hall–Kier alpha value is -2.68. The molecule has 134 valence electrons. The molecule has 3 rings (SSSR count). The van der Waals surface area contributed by atoms with Crippen LogP contribution in [0.2, 0.25) is 0 Å². The van der Waals surface area contributed by atoms with Crippen molar-refractivity contribution < 1.29 is 24.0 Å². The van der Waals surface area contributed by atoms with E-state index in [0.29, 0.717) is 13.0 Å². The van der Waals surface area contributed by atoms with Crippen LogP contribution < -0.4 is 5.32 Å². The molecule has 0 unspecified atom stereocenters. The molecule has 2 atom stereocenters. The van der Waals surface area contributed by atoms with Crippen LogP contribution in [0.15, 0.2) is 24.3 Å². The molecule has 0 bridgehead atoms. The summed E-state index contributed by atoms with van der Waals surface area (Å²) in [6, 6.07) is 5.24. The Bertz CT molecular complexity index is 720. The molecular weight excluding hydrogens is 330 g/mol. The summed E-state index contributed by atoms with van der Waals surface area (Å²) in [6.07, 6.45) is -0.148. The molecule has 1 aromatic carbocycles. The van der Waals surface area contributed by atoms with Crippen LogP contribution in [-0.2, 0) is 20.9 Å². The summed E-state index contributed by atoms with van der Waals surface area (Å²) in [5.41, 5.74) is -0.518. The van der Waals surface area contributed by atoms with Gasteiger partial charge in [-0.3, -0.25) is 14.9 Å². The van der Waals surface area contributed by atoms with Crippen LogP contribution in [0.25, 0.3) is 0 Å². The van der Waals surface area contributed by atoms with Gasteiger partial charge in [-0.25, -0.2) is 4.79 Å². The molecule has 2 saturated heterocycles. The SMILES string of the molecule is CC1(C)OCC[C@@H]2[C@H](NC(=O)OCc3ccccc3[N+](=O)[O-])C(=O)N21. The highest BCUT2D eigenvalue weighted by molar-refractivity contribution is 5.93. The van der Waals surface area contributed by atoms with E-state index < -0.39 is 22.8 Å². The summed E-state index contributed by atoms with van der Waals surface area (Å²) in [7, 11) is 0. The number of fused-ring (bicyclic) bond motifs is 1. The lowest BCUT2D eigenvalue weighted by Gasteiger charge is -2.57. The number of benzene rings is 1. The van der Waals surface area contributed by atoms with Gasteiger partial charge in [-0.1, -0.05) is 12.1 Å². The largest absolute Gasteiger partial charge is 0.444 e. The Balaban J connectivity index is 1.58. The lowest BCUT2D eigenvalue weighted by atomic mass is 9.88. The molecule has 25 heavy (non-hydrogen) atoms. The predicted molar refractivity (Wildman–Crippen MR) is 85.5 cm³/mol. The van der Waals surface area contributed by atoms with Crippen molar-refractivity contribution in [1.82, 2.24) is 10.2 Å². The number of para-hydroxylation sites is 1. The molecule has 1 N–H and O–H groups in total. The van der Waals surface area contributed by atoms with Crippen molar-refractivity contribution in [3.63, 3.8) is 0 Å². The van der Waals surface area contributed by atoms with Crippen molar-refractivity contribution in [2.75, 3.05) is 6.61 Å². The number of carbonyl (C=O) groups is 2. The molecule has 1 aromatic rings. The quantitative estimate of drug-likeness (QED) is 0.502. The van der Waals surface area contributed by atoms with Crippen molar-refractivity contribution in [3.05, 3.63) is 39.9 Å². The summed E-state index contributed by atoms with van der Waals surface area (Å²) in [5, 5.41) is 13.5. The second-order valence-corrected chi connectivity index (χ2v) is 6.44. The maximum Gasteiger partial charge on any atom is 0.408 e.